The Morgan fingerprint density at radius 2 is 1.91 bits per heavy atom. The number of esters is 1. The summed E-state index contributed by atoms with van der Waals surface area (Å²) in [4.78, 5) is 29.5. The van der Waals surface area contributed by atoms with Crippen molar-refractivity contribution in [3.05, 3.63) is 58.9 Å². The number of hydrogen-bond donors (Lipinski definition) is 0. The van der Waals surface area contributed by atoms with Gasteiger partial charge in [0.05, 0.1) is 23.4 Å². The Bertz CT molecular complexity index is 1110. The van der Waals surface area contributed by atoms with Gasteiger partial charge in [0, 0.05) is 12.2 Å². The average Bonchev–Trinajstić information content (AvgIpc) is 3.10. The maximum Gasteiger partial charge on any atom is 0.326 e. The highest BCUT2D eigenvalue weighted by molar-refractivity contribution is 7.98. The molecule has 0 radical (unpaired) electrons. The lowest BCUT2D eigenvalue weighted by molar-refractivity contribution is -0.143. The van der Waals surface area contributed by atoms with Crippen LogP contribution in [0, 0.1) is 0 Å². The van der Waals surface area contributed by atoms with Crippen LogP contribution in [0.5, 0.6) is 5.75 Å². The average molecular weight is 473 g/mol. The van der Waals surface area contributed by atoms with Crippen LogP contribution in [-0.2, 0) is 26.6 Å². The van der Waals surface area contributed by atoms with Crippen molar-refractivity contribution in [3.8, 4) is 5.75 Å². The Balaban J connectivity index is 1.69. The maximum absolute atomic E-state index is 12.5. The Labute approximate surface area is 196 Å². The summed E-state index contributed by atoms with van der Waals surface area (Å²) in [7, 11) is 0. The van der Waals surface area contributed by atoms with Gasteiger partial charge in [0.25, 0.3) is 0 Å². The Kier molecular flexibility index (Phi) is 9.37. The number of nitrogens with zero attached hydrogens (tertiary/aromatic N) is 2. The number of fused-ring (bicyclic) bond motifs is 1. The third-order valence-electron chi connectivity index (χ3n) is 4.57. The van der Waals surface area contributed by atoms with Crippen molar-refractivity contribution >= 4 is 45.2 Å². The van der Waals surface area contributed by atoms with Crippen molar-refractivity contribution in [1.82, 2.24) is 4.57 Å². The van der Waals surface area contributed by atoms with E-state index in [1.165, 1.54) is 16.9 Å². The van der Waals surface area contributed by atoms with Gasteiger partial charge in [-0.2, -0.15) is 16.8 Å². The van der Waals surface area contributed by atoms with Crippen molar-refractivity contribution in [2.75, 3.05) is 19.0 Å². The van der Waals surface area contributed by atoms with Crippen LogP contribution in [0.3, 0.4) is 0 Å². The number of thiazole rings is 1. The molecule has 170 valence electrons. The van der Waals surface area contributed by atoms with Gasteiger partial charge in [-0.1, -0.05) is 41.7 Å². The zero-order chi connectivity index (χ0) is 22.8. The number of amides is 1. The van der Waals surface area contributed by atoms with Gasteiger partial charge in [-0.3, -0.25) is 9.59 Å². The Morgan fingerprint density at radius 3 is 2.66 bits per heavy atom. The summed E-state index contributed by atoms with van der Waals surface area (Å²) < 4.78 is 13.3. The molecule has 3 aromatic rings. The van der Waals surface area contributed by atoms with E-state index in [4.69, 9.17) is 9.47 Å². The molecular formula is C24H28N2O4S2. The fraction of sp³-hybridized carbons (Fsp3) is 0.375. The number of rotatable bonds is 11. The lowest BCUT2D eigenvalue weighted by atomic mass is 10.2. The first-order valence-corrected chi connectivity index (χ1v) is 12.7. The van der Waals surface area contributed by atoms with Crippen LogP contribution in [0.15, 0.2) is 53.5 Å². The van der Waals surface area contributed by atoms with Crippen molar-refractivity contribution in [2.24, 2.45) is 4.99 Å². The quantitative estimate of drug-likeness (QED) is 0.296. The molecule has 2 aromatic carbocycles. The van der Waals surface area contributed by atoms with E-state index in [0.717, 1.165) is 33.9 Å². The van der Waals surface area contributed by atoms with Gasteiger partial charge >= 0.3 is 5.97 Å². The fourth-order valence-electron chi connectivity index (χ4n) is 3.14. The van der Waals surface area contributed by atoms with Crippen LogP contribution in [0.2, 0.25) is 0 Å². The summed E-state index contributed by atoms with van der Waals surface area (Å²) >= 11 is 3.19. The third-order valence-corrected chi connectivity index (χ3v) is 6.72. The maximum atomic E-state index is 12.5. The minimum atomic E-state index is -0.354. The molecule has 0 bridgehead atoms. The van der Waals surface area contributed by atoms with Gasteiger partial charge in [0.1, 0.15) is 12.3 Å². The lowest BCUT2D eigenvalue weighted by Gasteiger charge is -2.06. The molecule has 0 unspecified atom stereocenters. The highest BCUT2D eigenvalue weighted by Gasteiger charge is 2.13. The molecule has 1 amide bonds. The van der Waals surface area contributed by atoms with Gasteiger partial charge < -0.3 is 14.0 Å². The molecule has 1 aromatic heterocycles. The van der Waals surface area contributed by atoms with Crippen LogP contribution in [0.4, 0.5) is 0 Å². The van der Waals surface area contributed by atoms with E-state index in [-0.39, 0.29) is 18.4 Å². The number of aromatic nitrogens is 1. The topological polar surface area (TPSA) is 69.9 Å². The largest absolute Gasteiger partial charge is 0.494 e. The smallest absolute Gasteiger partial charge is 0.326 e. The van der Waals surface area contributed by atoms with E-state index in [2.05, 4.69) is 17.1 Å². The SMILES string of the molecule is CCOC(=O)Cn1c(=NC(=O)CCCSCc2ccccc2)sc2cc(OCC)ccc21. The molecular weight excluding hydrogens is 444 g/mol. The number of carbonyl (C=O) groups excluding carboxylic acids is 2. The van der Waals surface area contributed by atoms with Crippen molar-refractivity contribution in [3.63, 3.8) is 0 Å². The highest BCUT2D eigenvalue weighted by atomic mass is 32.2. The van der Waals surface area contributed by atoms with Crippen LogP contribution in [0.1, 0.15) is 32.3 Å². The predicted octanol–water partition coefficient (Wildman–Crippen LogP) is 4.81. The summed E-state index contributed by atoms with van der Waals surface area (Å²) in [5, 5.41) is 0. The number of thioether (sulfide) groups is 1. The van der Waals surface area contributed by atoms with Crippen molar-refractivity contribution in [1.29, 1.82) is 0 Å². The predicted molar refractivity (Wildman–Crippen MR) is 130 cm³/mol. The van der Waals surface area contributed by atoms with E-state index >= 15 is 0 Å². The standard InChI is InChI=1S/C24H28N2O4S2/c1-3-29-19-12-13-20-21(15-19)32-24(26(20)16-23(28)30-4-2)25-22(27)11-8-14-31-17-18-9-6-5-7-10-18/h5-7,9-10,12-13,15H,3-4,8,11,14,16-17H2,1-2H3. The number of benzene rings is 2. The molecule has 1 heterocycles. The third kappa shape index (κ3) is 6.97. The minimum absolute atomic E-state index is 0.0147. The van der Waals surface area contributed by atoms with Crippen LogP contribution in [0.25, 0.3) is 10.2 Å². The summed E-state index contributed by atoms with van der Waals surface area (Å²) in [5.41, 5.74) is 2.11. The van der Waals surface area contributed by atoms with E-state index in [1.54, 1.807) is 11.5 Å². The first kappa shape index (κ1) is 24.1. The van der Waals surface area contributed by atoms with Crippen molar-refractivity contribution < 1.29 is 19.1 Å². The summed E-state index contributed by atoms with van der Waals surface area (Å²) in [6, 6.07) is 15.9. The van der Waals surface area contributed by atoms with E-state index in [1.807, 2.05) is 55.1 Å². The number of carbonyl (C=O) groups is 2. The van der Waals surface area contributed by atoms with Crippen LogP contribution in [-0.4, -0.2) is 35.4 Å². The molecule has 32 heavy (non-hydrogen) atoms. The van der Waals surface area contributed by atoms with E-state index in [9.17, 15) is 9.59 Å². The van der Waals surface area contributed by atoms with Crippen LogP contribution >= 0.6 is 23.1 Å². The zero-order valence-corrected chi connectivity index (χ0v) is 20.0. The first-order chi connectivity index (χ1) is 15.6. The van der Waals surface area contributed by atoms with Crippen molar-refractivity contribution in [2.45, 2.75) is 39.0 Å². The zero-order valence-electron chi connectivity index (χ0n) is 18.4. The molecule has 3 rings (SSSR count). The second-order valence-corrected chi connectivity index (χ2v) is 9.10. The fourth-order valence-corrected chi connectivity index (χ4v) is 5.13. The van der Waals surface area contributed by atoms with Gasteiger partial charge in [-0.15, -0.1) is 0 Å². The molecule has 0 aliphatic rings. The number of ether oxygens (including phenoxy) is 2. The molecule has 0 fully saturated rings. The molecule has 0 aliphatic carbocycles. The molecule has 0 N–H and O–H groups in total. The Hall–Kier alpha value is -2.58. The summed E-state index contributed by atoms with van der Waals surface area (Å²) in [6.07, 6.45) is 1.14. The van der Waals surface area contributed by atoms with Gasteiger partial charge in [0.15, 0.2) is 4.80 Å². The van der Waals surface area contributed by atoms with E-state index in [0.29, 0.717) is 24.4 Å². The normalized spacial score (nSPS) is 11.6. The van der Waals surface area contributed by atoms with E-state index < -0.39 is 0 Å². The molecule has 0 atom stereocenters. The lowest BCUT2D eigenvalue weighted by Crippen LogP contribution is -2.23. The second kappa shape index (κ2) is 12.5. The van der Waals surface area contributed by atoms with Crippen LogP contribution < -0.4 is 9.54 Å². The monoisotopic (exact) mass is 472 g/mol. The summed E-state index contributed by atoms with van der Waals surface area (Å²) in [5.74, 6) is 2.04. The first-order valence-electron chi connectivity index (χ1n) is 10.7. The van der Waals surface area contributed by atoms with Gasteiger partial charge in [0.2, 0.25) is 5.91 Å². The minimum Gasteiger partial charge on any atom is -0.494 e. The van der Waals surface area contributed by atoms with Gasteiger partial charge in [-0.05, 0) is 49.8 Å². The number of hydrogen-bond acceptors (Lipinski definition) is 6. The molecule has 6 nitrogen and oxygen atoms in total. The summed E-state index contributed by atoms with van der Waals surface area (Å²) in [6.45, 7) is 4.59. The molecule has 0 saturated carbocycles. The highest BCUT2D eigenvalue weighted by Crippen LogP contribution is 2.23. The molecule has 8 heteroatoms. The molecule has 0 saturated heterocycles. The molecule has 0 spiro atoms. The second-order valence-electron chi connectivity index (χ2n) is 6.99. The molecule has 0 aliphatic heterocycles. The van der Waals surface area contributed by atoms with Gasteiger partial charge in [-0.25, -0.2) is 0 Å². The Morgan fingerprint density at radius 1 is 1.09 bits per heavy atom.